The van der Waals surface area contributed by atoms with Gasteiger partial charge in [0.1, 0.15) is 0 Å². The summed E-state index contributed by atoms with van der Waals surface area (Å²) in [6.07, 6.45) is 1.24. The number of hydrogen-bond donors (Lipinski definition) is 1. The number of rotatable bonds is 5. The SMILES string of the molecule is CCC(C)N1CCN(C(C)C(N)c2ccccc2)CC1. The molecule has 0 bridgehead atoms. The van der Waals surface area contributed by atoms with Gasteiger partial charge in [-0.3, -0.25) is 9.80 Å². The molecule has 0 aromatic heterocycles. The molecule has 3 atom stereocenters. The van der Waals surface area contributed by atoms with E-state index in [1.807, 2.05) is 6.07 Å². The highest BCUT2D eigenvalue weighted by Crippen LogP contribution is 2.20. The molecular formula is C17H29N3. The minimum absolute atomic E-state index is 0.103. The van der Waals surface area contributed by atoms with Crippen molar-refractivity contribution in [3.05, 3.63) is 35.9 Å². The first-order chi connectivity index (χ1) is 9.63. The van der Waals surface area contributed by atoms with Crippen molar-refractivity contribution in [1.82, 2.24) is 9.80 Å². The summed E-state index contributed by atoms with van der Waals surface area (Å²) in [5.41, 5.74) is 7.67. The van der Waals surface area contributed by atoms with Crippen molar-refractivity contribution in [3.8, 4) is 0 Å². The van der Waals surface area contributed by atoms with Crippen molar-refractivity contribution in [2.24, 2.45) is 5.73 Å². The highest BCUT2D eigenvalue weighted by atomic mass is 15.3. The molecule has 1 saturated heterocycles. The Morgan fingerprint density at radius 1 is 1.00 bits per heavy atom. The molecule has 0 radical (unpaired) electrons. The van der Waals surface area contributed by atoms with Crippen LogP contribution in [0, 0.1) is 0 Å². The number of hydrogen-bond acceptors (Lipinski definition) is 3. The van der Waals surface area contributed by atoms with Crippen LogP contribution in [-0.2, 0) is 0 Å². The lowest BCUT2D eigenvalue weighted by atomic mass is 9.99. The van der Waals surface area contributed by atoms with Gasteiger partial charge in [0.25, 0.3) is 0 Å². The Hall–Kier alpha value is -0.900. The number of benzene rings is 1. The van der Waals surface area contributed by atoms with Gasteiger partial charge in [-0.1, -0.05) is 37.3 Å². The maximum atomic E-state index is 6.43. The zero-order valence-electron chi connectivity index (χ0n) is 13.1. The zero-order valence-corrected chi connectivity index (χ0v) is 13.1. The fraction of sp³-hybridized carbons (Fsp3) is 0.647. The lowest BCUT2D eigenvalue weighted by Crippen LogP contribution is -2.53. The summed E-state index contributed by atoms with van der Waals surface area (Å²) in [4.78, 5) is 5.13. The third-order valence-electron chi connectivity index (χ3n) is 4.84. The van der Waals surface area contributed by atoms with E-state index in [1.54, 1.807) is 0 Å². The van der Waals surface area contributed by atoms with E-state index >= 15 is 0 Å². The Morgan fingerprint density at radius 2 is 1.55 bits per heavy atom. The standard InChI is InChI=1S/C17H29N3/c1-4-14(2)19-10-12-20(13-11-19)15(3)17(18)16-8-6-5-7-9-16/h5-9,14-15,17H,4,10-13,18H2,1-3H3. The first kappa shape index (κ1) is 15.5. The molecular weight excluding hydrogens is 246 g/mol. The summed E-state index contributed by atoms with van der Waals surface area (Å²) in [6.45, 7) is 11.5. The van der Waals surface area contributed by atoms with E-state index in [9.17, 15) is 0 Å². The van der Waals surface area contributed by atoms with Crippen molar-refractivity contribution in [3.63, 3.8) is 0 Å². The van der Waals surface area contributed by atoms with Gasteiger partial charge in [0.05, 0.1) is 0 Å². The molecule has 0 spiro atoms. The van der Waals surface area contributed by atoms with Crippen LogP contribution < -0.4 is 5.73 Å². The lowest BCUT2D eigenvalue weighted by molar-refractivity contribution is 0.0695. The van der Waals surface area contributed by atoms with Gasteiger partial charge in [0.15, 0.2) is 0 Å². The van der Waals surface area contributed by atoms with Crippen molar-refractivity contribution in [2.75, 3.05) is 26.2 Å². The average Bonchev–Trinajstić information content (AvgIpc) is 2.53. The molecule has 1 fully saturated rings. The number of piperazine rings is 1. The second-order valence-electron chi connectivity index (χ2n) is 6.01. The molecule has 1 aromatic rings. The summed E-state index contributed by atoms with van der Waals surface area (Å²) in [5, 5.41) is 0. The molecule has 1 aromatic carbocycles. The predicted molar refractivity (Wildman–Crippen MR) is 85.7 cm³/mol. The van der Waals surface area contributed by atoms with Crippen LogP contribution in [0.15, 0.2) is 30.3 Å². The molecule has 3 unspecified atom stereocenters. The summed E-state index contributed by atoms with van der Waals surface area (Å²) >= 11 is 0. The summed E-state index contributed by atoms with van der Waals surface area (Å²) in [7, 11) is 0. The molecule has 20 heavy (non-hydrogen) atoms. The molecule has 1 aliphatic rings. The Labute approximate surface area is 123 Å². The lowest BCUT2D eigenvalue weighted by Gasteiger charge is -2.42. The van der Waals surface area contributed by atoms with Crippen molar-refractivity contribution in [1.29, 1.82) is 0 Å². The van der Waals surface area contributed by atoms with E-state index in [1.165, 1.54) is 25.1 Å². The van der Waals surface area contributed by atoms with E-state index < -0.39 is 0 Å². The fourth-order valence-corrected chi connectivity index (χ4v) is 3.02. The van der Waals surface area contributed by atoms with E-state index in [-0.39, 0.29) is 6.04 Å². The monoisotopic (exact) mass is 275 g/mol. The Kier molecular flexibility index (Phi) is 5.58. The topological polar surface area (TPSA) is 32.5 Å². The maximum Gasteiger partial charge on any atom is 0.0450 e. The van der Waals surface area contributed by atoms with Gasteiger partial charge in [-0.2, -0.15) is 0 Å². The van der Waals surface area contributed by atoms with Gasteiger partial charge in [-0.25, -0.2) is 0 Å². The summed E-state index contributed by atoms with van der Waals surface area (Å²) in [5.74, 6) is 0. The molecule has 1 aliphatic heterocycles. The predicted octanol–water partition coefficient (Wildman–Crippen LogP) is 2.49. The third kappa shape index (κ3) is 3.60. The molecule has 112 valence electrons. The minimum atomic E-state index is 0.103. The van der Waals surface area contributed by atoms with Crippen LogP contribution in [-0.4, -0.2) is 48.1 Å². The first-order valence-corrected chi connectivity index (χ1v) is 7.92. The number of nitrogens with two attached hydrogens (primary N) is 1. The third-order valence-corrected chi connectivity index (χ3v) is 4.84. The normalized spacial score (nSPS) is 22.4. The van der Waals surface area contributed by atoms with Crippen LogP contribution in [0.1, 0.15) is 38.8 Å². The fourth-order valence-electron chi connectivity index (χ4n) is 3.02. The maximum absolute atomic E-state index is 6.43. The van der Waals surface area contributed by atoms with Gasteiger partial charge in [-0.15, -0.1) is 0 Å². The van der Waals surface area contributed by atoms with Crippen molar-refractivity contribution < 1.29 is 0 Å². The van der Waals surface area contributed by atoms with E-state index in [2.05, 4.69) is 54.8 Å². The molecule has 2 rings (SSSR count). The molecule has 2 N–H and O–H groups in total. The quantitative estimate of drug-likeness (QED) is 0.896. The minimum Gasteiger partial charge on any atom is -0.323 e. The van der Waals surface area contributed by atoms with Crippen LogP contribution >= 0.6 is 0 Å². The second kappa shape index (κ2) is 7.21. The summed E-state index contributed by atoms with van der Waals surface area (Å²) in [6, 6.07) is 11.7. The van der Waals surface area contributed by atoms with Crippen LogP contribution in [0.2, 0.25) is 0 Å². The van der Waals surface area contributed by atoms with Crippen LogP contribution in [0.4, 0.5) is 0 Å². The first-order valence-electron chi connectivity index (χ1n) is 7.92. The highest BCUT2D eigenvalue weighted by molar-refractivity contribution is 5.20. The van der Waals surface area contributed by atoms with Crippen molar-refractivity contribution >= 4 is 0 Å². The van der Waals surface area contributed by atoms with Gasteiger partial charge in [0, 0.05) is 44.3 Å². The van der Waals surface area contributed by atoms with Crippen LogP contribution in [0.3, 0.4) is 0 Å². The van der Waals surface area contributed by atoms with E-state index in [0.717, 1.165) is 13.1 Å². The Morgan fingerprint density at radius 3 is 2.10 bits per heavy atom. The van der Waals surface area contributed by atoms with E-state index in [0.29, 0.717) is 12.1 Å². The zero-order chi connectivity index (χ0) is 14.5. The van der Waals surface area contributed by atoms with Crippen LogP contribution in [0.5, 0.6) is 0 Å². The number of nitrogens with zero attached hydrogens (tertiary/aromatic N) is 2. The largest absolute Gasteiger partial charge is 0.323 e. The Balaban J connectivity index is 1.90. The van der Waals surface area contributed by atoms with Gasteiger partial charge < -0.3 is 5.73 Å². The second-order valence-corrected chi connectivity index (χ2v) is 6.01. The smallest absolute Gasteiger partial charge is 0.0450 e. The van der Waals surface area contributed by atoms with Gasteiger partial charge in [-0.05, 0) is 25.8 Å². The van der Waals surface area contributed by atoms with Crippen molar-refractivity contribution in [2.45, 2.75) is 45.3 Å². The van der Waals surface area contributed by atoms with Gasteiger partial charge in [0.2, 0.25) is 0 Å². The molecule has 3 nitrogen and oxygen atoms in total. The summed E-state index contributed by atoms with van der Waals surface area (Å²) < 4.78 is 0. The Bertz CT molecular complexity index is 384. The molecule has 3 heteroatoms. The van der Waals surface area contributed by atoms with Crippen LogP contribution in [0.25, 0.3) is 0 Å². The molecule has 0 amide bonds. The van der Waals surface area contributed by atoms with E-state index in [4.69, 9.17) is 5.73 Å². The average molecular weight is 275 g/mol. The molecule has 0 saturated carbocycles. The highest BCUT2D eigenvalue weighted by Gasteiger charge is 2.26. The molecule has 0 aliphatic carbocycles. The molecule has 1 heterocycles. The van der Waals surface area contributed by atoms with Gasteiger partial charge >= 0.3 is 0 Å².